The van der Waals surface area contributed by atoms with E-state index in [4.69, 9.17) is 30.2 Å². The second kappa shape index (κ2) is 10.2. The maximum absolute atomic E-state index is 13.6. The summed E-state index contributed by atoms with van der Waals surface area (Å²) in [7, 11) is 3.18. The molecule has 3 aromatic carbocycles. The summed E-state index contributed by atoms with van der Waals surface area (Å²) in [5, 5.41) is 1.40. The van der Waals surface area contributed by atoms with Gasteiger partial charge in [0.15, 0.2) is 11.5 Å². The number of hydrogen-bond donors (Lipinski definition) is 0. The Morgan fingerprint density at radius 2 is 1.76 bits per heavy atom. The minimum atomic E-state index is -0.413. The van der Waals surface area contributed by atoms with Gasteiger partial charge in [-0.1, -0.05) is 11.6 Å². The fourth-order valence-electron chi connectivity index (χ4n) is 4.78. The first-order valence-corrected chi connectivity index (χ1v) is 12.2. The van der Waals surface area contributed by atoms with Crippen LogP contribution in [0.5, 0.6) is 17.2 Å². The smallest absolute Gasteiger partial charge is 0.336 e. The lowest BCUT2D eigenvalue weighted by molar-refractivity contribution is 0.0589. The number of fused-ring (bicyclic) bond motifs is 2. The van der Waals surface area contributed by atoms with E-state index in [1.165, 1.54) is 6.07 Å². The second-order valence-corrected chi connectivity index (χ2v) is 9.33. The van der Waals surface area contributed by atoms with Gasteiger partial charge in [-0.05, 0) is 78.6 Å². The van der Waals surface area contributed by atoms with Gasteiger partial charge in [-0.3, -0.25) is 4.79 Å². The Morgan fingerprint density at radius 3 is 2.49 bits per heavy atom. The number of ether oxygens (including phenoxy) is 3. The Hall–Kier alpha value is -3.97. The molecule has 0 saturated carbocycles. The molecule has 0 N–H and O–H groups in total. The van der Waals surface area contributed by atoms with E-state index in [9.17, 15) is 9.59 Å². The molecule has 4 aromatic rings. The quantitative estimate of drug-likeness (QED) is 0.309. The van der Waals surface area contributed by atoms with Gasteiger partial charge in [0.05, 0.1) is 20.3 Å². The van der Waals surface area contributed by atoms with Crippen LogP contribution in [0, 0.1) is 6.92 Å². The van der Waals surface area contributed by atoms with Crippen LogP contribution in [-0.2, 0) is 6.42 Å². The van der Waals surface area contributed by atoms with Gasteiger partial charge >= 0.3 is 5.63 Å². The highest BCUT2D eigenvalue weighted by molar-refractivity contribution is 6.30. The number of aryl methyl sites for hydroxylation is 1. The van der Waals surface area contributed by atoms with Crippen molar-refractivity contribution in [1.82, 2.24) is 4.90 Å². The van der Waals surface area contributed by atoms with Gasteiger partial charge < -0.3 is 23.5 Å². The number of rotatable bonds is 6. The number of carbonyl (C=O) groups excluding carboxylic acids is 1. The van der Waals surface area contributed by atoms with E-state index in [0.29, 0.717) is 46.4 Å². The van der Waals surface area contributed by atoms with Gasteiger partial charge in [-0.2, -0.15) is 0 Å². The summed E-state index contributed by atoms with van der Waals surface area (Å²) >= 11 is 6.04. The molecular weight excluding hydrogens is 494 g/mol. The van der Waals surface area contributed by atoms with Crippen LogP contribution in [0.3, 0.4) is 0 Å². The van der Waals surface area contributed by atoms with Crippen molar-refractivity contribution in [1.29, 1.82) is 0 Å². The summed E-state index contributed by atoms with van der Waals surface area (Å²) in [6.45, 7) is 2.55. The number of hydrogen-bond acceptors (Lipinski definition) is 6. The highest BCUT2D eigenvalue weighted by Gasteiger charge is 2.33. The van der Waals surface area contributed by atoms with E-state index in [-0.39, 0.29) is 12.5 Å². The standard InChI is InChI=1S/C29H26ClNO6/c1-17-12-28(32)37-25-14-21(8-9-22(17)25)36-16-24-23-15-27(35-3)26(34-2)13-19(23)10-11-31(24)29(33)18-4-6-20(30)7-5-18/h4-9,12-15,24H,10-11,16H2,1-3H3/t24-/m1/s1. The molecule has 0 bridgehead atoms. The number of amides is 1. The highest BCUT2D eigenvalue weighted by Crippen LogP contribution is 2.39. The van der Waals surface area contributed by atoms with Crippen molar-refractivity contribution < 1.29 is 23.4 Å². The van der Waals surface area contributed by atoms with E-state index in [1.807, 2.05) is 36.1 Å². The van der Waals surface area contributed by atoms with Gasteiger partial charge in [-0.25, -0.2) is 4.79 Å². The number of halogens is 1. The van der Waals surface area contributed by atoms with Crippen LogP contribution in [0.1, 0.15) is 33.1 Å². The van der Waals surface area contributed by atoms with Crippen LogP contribution in [0.25, 0.3) is 11.0 Å². The molecule has 0 aliphatic carbocycles. The molecule has 0 radical (unpaired) electrons. The predicted octanol–water partition coefficient (Wildman–Crippen LogP) is 5.59. The normalized spacial score (nSPS) is 14.8. The summed E-state index contributed by atoms with van der Waals surface area (Å²) in [4.78, 5) is 27.3. The molecule has 190 valence electrons. The summed E-state index contributed by atoms with van der Waals surface area (Å²) in [6, 6.07) is 17.2. The molecular formula is C29H26ClNO6. The van der Waals surface area contributed by atoms with E-state index in [2.05, 4.69) is 0 Å². The molecule has 1 atom stereocenters. The van der Waals surface area contributed by atoms with Gasteiger partial charge in [0, 0.05) is 34.6 Å². The lowest BCUT2D eigenvalue weighted by Crippen LogP contribution is -2.42. The number of methoxy groups -OCH3 is 2. The van der Waals surface area contributed by atoms with Crippen molar-refractivity contribution in [2.75, 3.05) is 27.4 Å². The predicted molar refractivity (Wildman–Crippen MR) is 141 cm³/mol. The highest BCUT2D eigenvalue weighted by atomic mass is 35.5. The molecule has 5 rings (SSSR count). The molecule has 1 aliphatic heterocycles. The summed E-state index contributed by atoms with van der Waals surface area (Å²) in [6.07, 6.45) is 0.659. The molecule has 37 heavy (non-hydrogen) atoms. The van der Waals surface area contributed by atoms with Crippen molar-refractivity contribution in [3.05, 3.63) is 98.4 Å². The first kappa shape index (κ1) is 24.7. The van der Waals surface area contributed by atoms with Crippen LogP contribution in [0.2, 0.25) is 5.02 Å². The fourth-order valence-corrected chi connectivity index (χ4v) is 4.91. The zero-order chi connectivity index (χ0) is 26.1. The molecule has 0 fully saturated rings. The Labute approximate surface area is 219 Å². The van der Waals surface area contributed by atoms with Crippen LogP contribution < -0.4 is 19.8 Å². The van der Waals surface area contributed by atoms with Crippen molar-refractivity contribution in [2.45, 2.75) is 19.4 Å². The van der Waals surface area contributed by atoms with E-state index in [0.717, 1.165) is 22.1 Å². The van der Waals surface area contributed by atoms with Gasteiger partial charge in [-0.15, -0.1) is 0 Å². The topological polar surface area (TPSA) is 78.2 Å². The number of nitrogens with zero attached hydrogens (tertiary/aromatic N) is 1. The number of carbonyl (C=O) groups is 1. The Balaban J connectivity index is 1.51. The van der Waals surface area contributed by atoms with Crippen molar-refractivity contribution >= 4 is 28.5 Å². The van der Waals surface area contributed by atoms with Crippen molar-refractivity contribution in [3.8, 4) is 17.2 Å². The lowest BCUT2D eigenvalue weighted by Gasteiger charge is -2.37. The van der Waals surface area contributed by atoms with Crippen molar-refractivity contribution in [3.63, 3.8) is 0 Å². The summed E-state index contributed by atoms with van der Waals surface area (Å²) < 4.78 is 22.6. The molecule has 2 heterocycles. The van der Waals surface area contributed by atoms with E-state index < -0.39 is 11.7 Å². The first-order valence-electron chi connectivity index (χ1n) is 11.9. The maximum atomic E-state index is 13.6. The van der Waals surface area contributed by atoms with Crippen LogP contribution in [0.4, 0.5) is 0 Å². The van der Waals surface area contributed by atoms with Crippen LogP contribution in [0.15, 0.2) is 69.9 Å². The molecule has 1 aromatic heterocycles. The van der Waals surface area contributed by atoms with Gasteiger partial charge in [0.1, 0.15) is 17.9 Å². The lowest BCUT2D eigenvalue weighted by atomic mass is 9.91. The van der Waals surface area contributed by atoms with Crippen LogP contribution in [-0.4, -0.2) is 38.2 Å². The zero-order valence-electron chi connectivity index (χ0n) is 20.7. The molecule has 7 nitrogen and oxygen atoms in total. The van der Waals surface area contributed by atoms with Gasteiger partial charge in [0.25, 0.3) is 5.91 Å². The summed E-state index contributed by atoms with van der Waals surface area (Å²) in [5.74, 6) is 1.63. The van der Waals surface area contributed by atoms with Gasteiger partial charge in [0.2, 0.25) is 0 Å². The molecule has 1 amide bonds. The third kappa shape index (κ3) is 4.87. The molecule has 0 saturated heterocycles. The third-order valence-corrected chi connectivity index (χ3v) is 6.94. The summed E-state index contributed by atoms with van der Waals surface area (Å²) in [5.41, 5.74) is 3.40. The minimum absolute atomic E-state index is 0.120. The molecule has 8 heteroatoms. The maximum Gasteiger partial charge on any atom is 0.336 e. The Morgan fingerprint density at radius 1 is 1.03 bits per heavy atom. The third-order valence-electron chi connectivity index (χ3n) is 6.69. The fraction of sp³-hybridized carbons (Fsp3) is 0.241. The monoisotopic (exact) mass is 519 g/mol. The average molecular weight is 520 g/mol. The first-order chi connectivity index (χ1) is 17.9. The number of benzene rings is 3. The largest absolute Gasteiger partial charge is 0.493 e. The zero-order valence-corrected chi connectivity index (χ0v) is 21.5. The molecule has 1 aliphatic rings. The Bertz CT molecular complexity index is 1530. The molecule has 0 spiro atoms. The van der Waals surface area contributed by atoms with Crippen LogP contribution >= 0.6 is 11.6 Å². The van der Waals surface area contributed by atoms with E-state index in [1.54, 1.807) is 44.6 Å². The SMILES string of the molecule is COc1cc2c(cc1OC)[C@@H](COc1ccc3c(C)cc(=O)oc3c1)N(C(=O)c1ccc(Cl)cc1)CC2. The minimum Gasteiger partial charge on any atom is -0.493 e. The molecule has 0 unspecified atom stereocenters. The average Bonchev–Trinajstić information content (AvgIpc) is 2.90. The van der Waals surface area contributed by atoms with E-state index >= 15 is 0 Å². The van der Waals surface area contributed by atoms with Crippen molar-refractivity contribution in [2.24, 2.45) is 0 Å². The Kier molecular flexibility index (Phi) is 6.80. The second-order valence-electron chi connectivity index (χ2n) is 8.89.